The summed E-state index contributed by atoms with van der Waals surface area (Å²) in [6.07, 6.45) is 3.42. The summed E-state index contributed by atoms with van der Waals surface area (Å²) < 4.78 is 0. The first-order valence-corrected chi connectivity index (χ1v) is 8.89. The molecule has 0 aliphatic heterocycles. The highest BCUT2D eigenvalue weighted by Crippen LogP contribution is 2.22. The van der Waals surface area contributed by atoms with Gasteiger partial charge >= 0.3 is 0 Å². The molecule has 27 heavy (non-hydrogen) atoms. The van der Waals surface area contributed by atoms with Crippen molar-refractivity contribution < 1.29 is 4.79 Å². The highest BCUT2D eigenvalue weighted by atomic mass is 16.2. The van der Waals surface area contributed by atoms with Crippen molar-refractivity contribution in [3.05, 3.63) is 101 Å². The molecule has 1 aromatic heterocycles. The van der Waals surface area contributed by atoms with Crippen LogP contribution in [-0.2, 0) is 5.41 Å². The highest BCUT2D eigenvalue weighted by Gasteiger charge is 2.14. The Morgan fingerprint density at radius 1 is 0.815 bits per heavy atom. The highest BCUT2D eigenvalue weighted by molar-refractivity contribution is 6.13. The Hall–Kier alpha value is -3.27. The number of hydrogen-bond donors (Lipinski definition) is 1. The molecule has 3 aromatic rings. The fourth-order valence-electron chi connectivity index (χ4n) is 2.69. The fraction of sp³-hybridized carbons (Fsp3) is 0.174. The molecule has 0 bridgehead atoms. The Labute approximate surface area is 160 Å². The van der Waals surface area contributed by atoms with Gasteiger partial charge in [-0.05, 0) is 35.2 Å². The van der Waals surface area contributed by atoms with Gasteiger partial charge in [0.15, 0.2) is 0 Å². The van der Waals surface area contributed by atoms with Crippen molar-refractivity contribution in [3.63, 3.8) is 0 Å². The van der Waals surface area contributed by atoms with E-state index in [0.717, 1.165) is 11.1 Å². The van der Waals surface area contributed by atoms with Gasteiger partial charge in [0.2, 0.25) is 0 Å². The third-order valence-electron chi connectivity index (χ3n) is 4.28. The number of rotatable bonds is 4. The van der Waals surface area contributed by atoms with Gasteiger partial charge in [-0.1, -0.05) is 63.2 Å². The average Bonchev–Trinajstić information content (AvgIpc) is 2.69. The number of carbonyl (C=O) groups excluding carboxylic acids is 1. The number of nitrogens with zero attached hydrogens (tertiary/aromatic N) is 2. The summed E-state index contributed by atoms with van der Waals surface area (Å²) in [4.78, 5) is 16.6. The lowest BCUT2D eigenvalue weighted by Crippen LogP contribution is -2.21. The molecule has 0 spiro atoms. The van der Waals surface area contributed by atoms with Crippen LogP contribution in [0.4, 0.5) is 0 Å². The van der Waals surface area contributed by atoms with Crippen molar-refractivity contribution in [2.24, 2.45) is 5.10 Å². The SMILES string of the molecule is CC(C)(C)c1ccc(C(=O)NN=C(c2ccccc2)c2ccncc2)cc1. The molecule has 1 N–H and O–H groups in total. The van der Waals surface area contributed by atoms with E-state index in [9.17, 15) is 4.79 Å². The van der Waals surface area contributed by atoms with E-state index in [1.54, 1.807) is 12.4 Å². The van der Waals surface area contributed by atoms with E-state index in [1.165, 1.54) is 5.56 Å². The monoisotopic (exact) mass is 357 g/mol. The minimum absolute atomic E-state index is 0.0506. The van der Waals surface area contributed by atoms with E-state index in [0.29, 0.717) is 11.3 Å². The van der Waals surface area contributed by atoms with Crippen LogP contribution in [0.2, 0.25) is 0 Å². The Morgan fingerprint density at radius 2 is 1.41 bits per heavy atom. The summed E-state index contributed by atoms with van der Waals surface area (Å²) in [5, 5.41) is 4.40. The molecule has 0 aliphatic carbocycles. The normalized spacial score (nSPS) is 11.9. The molecule has 4 heteroatoms. The minimum atomic E-state index is -0.238. The Morgan fingerprint density at radius 3 is 2.00 bits per heavy atom. The summed E-state index contributed by atoms with van der Waals surface area (Å²) >= 11 is 0. The first-order valence-electron chi connectivity index (χ1n) is 8.89. The van der Waals surface area contributed by atoms with Gasteiger partial charge in [-0.3, -0.25) is 9.78 Å². The third kappa shape index (κ3) is 4.67. The topological polar surface area (TPSA) is 54.4 Å². The van der Waals surface area contributed by atoms with Crippen molar-refractivity contribution in [1.29, 1.82) is 0 Å². The number of hydrogen-bond acceptors (Lipinski definition) is 3. The zero-order chi connectivity index (χ0) is 19.3. The van der Waals surface area contributed by atoms with Gasteiger partial charge in [-0.25, -0.2) is 5.43 Å². The minimum Gasteiger partial charge on any atom is -0.267 e. The van der Waals surface area contributed by atoms with Gasteiger partial charge in [-0.2, -0.15) is 5.10 Å². The van der Waals surface area contributed by atoms with Crippen molar-refractivity contribution in [2.75, 3.05) is 0 Å². The summed E-state index contributed by atoms with van der Waals surface area (Å²) in [6.45, 7) is 6.44. The first kappa shape index (κ1) is 18.5. The maximum absolute atomic E-state index is 12.5. The standard InChI is InChI=1S/C23H23N3O/c1-23(2,3)20-11-9-19(10-12-20)22(27)26-25-21(17-7-5-4-6-8-17)18-13-15-24-16-14-18/h4-16H,1-3H3,(H,26,27). The van der Waals surface area contributed by atoms with Crippen molar-refractivity contribution in [3.8, 4) is 0 Å². The molecule has 0 atom stereocenters. The molecule has 2 aromatic carbocycles. The number of nitrogens with one attached hydrogen (secondary N) is 1. The lowest BCUT2D eigenvalue weighted by Gasteiger charge is -2.18. The first-order chi connectivity index (χ1) is 12.9. The average molecular weight is 357 g/mol. The van der Waals surface area contributed by atoms with Gasteiger partial charge in [0.25, 0.3) is 5.91 Å². The van der Waals surface area contributed by atoms with E-state index < -0.39 is 0 Å². The van der Waals surface area contributed by atoms with E-state index >= 15 is 0 Å². The summed E-state index contributed by atoms with van der Waals surface area (Å²) in [6, 6.07) is 21.1. The van der Waals surface area contributed by atoms with E-state index in [2.05, 4.69) is 36.3 Å². The van der Waals surface area contributed by atoms with Crippen molar-refractivity contribution in [2.45, 2.75) is 26.2 Å². The molecule has 0 saturated carbocycles. The predicted molar refractivity (Wildman–Crippen MR) is 109 cm³/mol. The molecule has 4 nitrogen and oxygen atoms in total. The van der Waals surface area contributed by atoms with Crippen LogP contribution in [0.15, 0.2) is 84.2 Å². The van der Waals surface area contributed by atoms with Gasteiger partial charge in [0, 0.05) is 29.1 Å². The number of aromatic nitrogens is 1. The number of pyridine rings is 1. The summed E-state index contributed by atoms with van der Waals surface area (Å²) in [7, 11) is 0. The fourth-order valence-corrected chi connectivity index (χ4v) is 2.69. The smallest absolute Gasteiger partial charge is 0.267 e. The predicted octanol–water partition coefficient (Wildman–Crippen LogP) is 4.56. The Balaban J connectivity index is 1.85. The van der Waals surface area contributed by atoms with Crippen LogP contribution in [0.5, 0.6) is 0 Å². The van der Waals surface area contributed by atoms with Gasteiger partial charge < -0.3 is 0 Å². The molecule has 136 valence electrons. The second-order valence-electron chi connectivity index (χ2n) is 7.33. The van der Waals surface area contributed by atoms with Crippen LogP contribution in [-0.4, -0.2) is 16.6 Å². The molecule has 3 rings (SSSR count). The van der Waals surface area contributed by atoms with E-state index in [1.807, 2.05) is 66.7 Å². The molecular weight excluding hydrogens is 334 g/mol. The number of benzene rings is 2. The third-order valence-corrected chi connectivity index (χ3v) is 4.28. The quantitative estimate of drug-likeness (QED) is 0.550. The molecule has 1 amide bonds. The van der Waals surface area contributed by atoms with Crippen molar-refractivity contribution in [1.82, 2.24) is 10.4 Å². The van der Waals surface area contributed by atoms with Gasteiger partial charge in [-0.15, -0.1) is 0 Å². The van der Waals surface area contributed by atoms with Crippen LogP contribution < -0.4 is 5.43 Å². The maximum Gasteiger partial charge on any atom is 0.271 e. The largest absolute Gasteiger partial charge is 0.271 e. The van der Waals surface area contributed by atoms with E-state index in [-0.39, 0.29) is 11.3 Å². The Kier molecular flexibility index (Phi) is 5.46. The lowest BCUT2D eigenvalue weighted by atomic mass is 9.87. The zero-order valence-corrected chi connectivity index (χ0v) is 15.8. The van der Waals surface area contributed by atoms with Crippen LogP contribution in [0.25, 0.3) is 0 Å². The van der Waals surface area contributed by atoms with Gasteiger partial charge in [0.1, 0.15) is 0 Å². The molecular formula is C23H23N3O. The molecule has 0 unspecified atom stereocenters. The Bertz CT molecular complexity index is 883. The second-order valence-corrected chi connectivity index (χ2v) is 7.33. The van der Waals surface area contributed by atoms with Crippen molar-refractivity contribution >= 4 is 11.6 Å². The number of hydrazone groups is 1. The maximum atomic E-state index is 12.5. The van der Waals surface area contributed by atoms with Gasteiger partial charge in [0.05, 0.1) is 5.71 Å². The van der Waals surface area contributed by atoms with Crippen LogP contribution in [0.3, 0.4) is 0 Å². The summed E-state index contributed by atoms with van der Waals surface area (Å²) in [5.41, 5.74) is 7.00. The zero-order valence-electron chi connectivity index (χ0n) is 15.8. The number of amides is 1. The molecule has 0 radical (unpaired) electrons. The molecule has 0 aliphatic rings. The number of carbonyl (C=O) groups is 1. The molecule has 0 saturated heterocycles. The second kappa shape index (κ2) is 7.96. The van der Waals surface area contributed by atoms with E-state index in [4.69, 9.17) is 0 Å². The molecule has 0 fully saturated rings. The molecule has 1 heterocycles. The van der Waals surface area contributed by atoms with Crippen LogP contribution in [0.1, 0.15) is 47.8 Å². The van der Waals surface area contributed by atoms with Crippen LogP contribution in [0, 0.1) is 0 Å². The lowest BCUT2D eigenvalue weighted by molar-refractivity contribution is 0.0955. The van der Waals surface area contributed by atoms with Crippen LogP contribution >= 0.6 is 0 Å². The summed E-state index contributed by atoms with van der Waals surface area (Å²) in [5.74, 6) is -0.238.